The average molecular weight is 449 g/mol. The first-order valence-corrected chi connectivity index (χ1v) is 12.3. The van der Waals surface area contributed by atoms with Gasteiger partial charge in [-0.3, -0.25) is 0 Å². The molecule has 2 aromatic rings. The number of nitrogens with one attached hydrogen (secondary N) is 1. The van der Waals surface area contributed by atoms with Crippen molar-refractivity contribution >= 4 is 0 Å². The van der Waals surface area contributed by atoms with E-state index in [1.807, 2.05) is 19.2 Å². The van der Waals surface area contributed by atoms with E-state index >= 15 is 0 Å². The number of allylic oxidation sites excluding steroid dienone is 2. The molecule has 0 bridgehead atoms. The van der Waals surface area contributed by atoms with Gasteiger partial charge in [-0.25, -0.2) is 0 Å². The molecule has 1 heterocycles. The third-order valence-corrected chi connectivity index (χ3v) is 7.44. The zero-order valence-corrected chi connectivity index (χ0v) is 21.1. The maximum absolute atomic E-state index is 10.9. The van der Waals surface area contributed by atoms with Crippen molar-refractivity contribution in [2.24, 2.45) is 5.92 Å². The summed E-state index contributed by atoms with van der Waals surface area (Å²) in [7, 11) is 6.22. The Morgan fingerprint density at radius 3 is 2.48 bits per heavy atom. The number of hydrogen-bond donors (Lipinski definition) is 2. The van der Waals surface area contributed by atoms with Crippen LogP contribution in [0.25, 0.3) is 0 Å². The van der Waals surface area contributed by atoms with Crippen LogP contribution in [0.1, 0.15) is 61.3 Å². The second-order valence-electron chi connectivity index (χ2n) is 10.8. The fourth-order valence-electron chi connectivity index (χ4n) is 5.84. The molecular weight excluding hydrogens is 408 g/mol. The van der Waals surface area contributed by atoms with Crippen molar-refractivity contribution < 1.29 is 9.84 Å². The van der Waals surface area contributed by atoms with Crippen LogP contribution in [0.15, 0.2) is 48.0 Å². The lowest BCUT2D eigenvalue weighted by molar-refractivity contribution is -0.000501. The quantitative estimate of drug-likeness (QED) is 0.567. The highest BCUT2D eigenvalue weighted by Crippen LogP contribution is 2.56. The molecule has 4 rings (SSSR count). The smallest absolute Gasteiger partial charge is 0.123 e. The zero-order valence-electron chi connectivity index (χ0n) is 21.1. The summed E-state index contributed by atoms with van der Waals surface area (Å²) >= 11 is 0. The van der Waals surface area contributed by atoms with Crippen molar-refractivity contribution in [2.45, 2.75) is 57.5 Å². The number of fused-ring (bicyclic) bond motifs is 3. The summed E-state index contributed by atoms with van der Waals surface area (Å²) in [4.78, 5) is 2.23. The predicted molar refractivity (Wildman–Crippen MR) is 136 cm³/mol. The summed E-state index contributed by atoms with van der Waals surface area (Å²) in [6, 6.07) is 12.9. The van der Waals surface area contributed by atoms with Gasteiger partial charge in [0.2, 0.25) is 0 Å². The summed E-state index contributed by atoms with van der Waals surface area (Å²) < 4.78 is 6.66. The summed E-state index contributed by atoms with van der Waals surface area (Å²) in [5, 5.41) is 14.2. The predicted octanol–water partition coefficient (Wildman–Crippen LogP) is 5.26. The number of benzene rings is 2. The minimum atomic E-state index is -0.335. The van der Waals surface area contributed by atoms with Crippen molar-refractivity contribution in [1.29, 1.82) is 0 Å². The highest BCUT2D eigenvalue weighted by Gasteiger charge is 2.49. The Labute approximate surface area is 199 Å². The van der Waals surface area contributed by atoms with Gasteiger partial charge in [-0.1, -0.05) is 35.9 Å². The number of phenols is 1. The second-order valence-corrected chi connectivity index (χ2v) is 10.8. The van der Waals surface area contributed by atoms with E-state index in [1.165, 1.54) is 22.3 Å². The number of ether oxygens (including phenoxy) is 1. The van der Waals surface area contributed by atoms with Gasteiger partial charge >= 0.3 is 0 Å². The lowest BCUT2D eigenvalue weighted by Crippen LogP contribution is -2.48. The van der Waals surface area contributed by atoms with Crippen molar-refractivity contribution in [3.05, 3.63) is 70.3 Å². The number of rotatable bonds is 7. The summed E-state index contributed by atoms with van der Waals surface area (Å²) in [6.45, 7) is 8.64. The van der Waals surface area contributed by atoms with Crippen LogP contribution in [0.3, 0.4) is 0 Å². The highest BCUT2D eigenvalue weighted by molar-refractivity contribution is 5.49. The van der Waals surface area contributed by atoms with Crippen LogP contribution >= 0.6 is 0 Å². The maximum Gasteiger partial charge on any atom is 0.123 e. The molecule has 0 aromatic heterocycles. The zero-order chi connectivity index (χ0) is 23.8. The van der Waals surface area contributed by atoms with Crippen molar-refractivity contribution in [3.8, 4) is 11.5 Å². The Hall–Kier alpha value is -2.30. The van der Waals surface area contributed by atoms with Crippen LogP contribution in [0, 0.1) is 5.92 Å². The van der Waals surface area contributed by atoms with Gasteiger partial charge < -0.3 is 20.1 Å². The second kappa shape index (κ2) is 9.52. The van der Waals surface area contributed by atoms with Crippen LogP contribution in [0.2, 0.25) is 0 Å². The molecule has 2 aromatic carbocycles. The van der Waals surface area contributed by atoms with Crippen LogP contribution in [-0.4, -0.2) is 49.8 Å². The number of likely N-dealkylation sites (N-methyl/N-ethyl adjacent to an activating group) is 2. The van der Waals surface area contributed by atoms with E-state index in [-0.39, 0.29) is 17.4 Å². The van der Waals surface area contributed by atoms with Crippen LogP contribution in [-0.2, 0) is 12.8 Å². The molecule has 0 saturated heterocycles. The molecule has 0 saturated carbocycles. The molecule has 0 fully saturated rings. The molecular formula is C29H40N2O2. The standard InChI is InChI=1S/C29H40N2O2/c1-19-15-24(22-17-20(11-13-30-4)7-9-26(22)32)28-25(16-19)23-18-21(12-14-31(5)6)8-10-27(23)33-29(28,2)3/h7-10,15,17-18,24-25,28,30,32H,11-14,16H2,1-6H3/t24-,25+,28+/m0/s1. The van der Waals surface area contributed by atoms with Gasteiger partial charge in [0.15, 0.2) is 0 Å². The minimum absolute atomic E-state index is 0.117. The van der Waals surface area contributed by atoms with Crippen molar-refractivity contribution in [2.75, 3.05) is 34.2 Å². The topological polar surface area (TPSA) is 44.7 Å². The van der Waals surface area contributed by atoms with Gasteiger partial charge in [0.25, 0.3) is 0 Å². The lowest BCUT2D eigenvalue weighted by Gasteiger charge is -2.50. The molecule has 3 atom stereocenters. The molecule has 0 spiro atoms. The molecule has 1 aliphatic heterocycles. The van der Waals surface area contributed by atoms with E-state index in [2.05, 4.69) is 75.4 Å². The molecule has 0 amide bonds. The van der Waals surface area contributed by atoms with E-state index in [1.54, 1.807) is 0 Å². The first kappa shape index (κ1) is 23.8. The number of phenolic OH excluding ortho intramolecular Hbond substituents is 1. The van der Waals surface area contributed by atoms with E-state index in [0.717, 1.165) is 43.7 Å². The first-order chi connectivity index (χ1) is 15.7. The molecule has 178 valence electrons. The number of hydrogen-bond acceptors (Lipinski definition) is 4. The average Bonchev–Trinajstić information content (AvgIpc) is 2.76. The van der Waals surface area contributed by atoms with Crippen LogP contribution in [0.4, 0.5) is 0 Å². The molecule has 0 radical (unpaired) electrons. The van der Waals surface area contributed by atoms with Crippen molar-refractivity contribution in [1.82, 2.24) is 10.2 Å². The number of aromatic hydroxyl groups is 1. The van der Waals surface area contributed by atoms with Crippen LogP contribution < -0.4 is 10.1 Å². The monoisotopic (exact) mass is 448 g/mol. The third-order valence-electron chi connectivity index (χ3n) is 7.44. The van der Waals surface area contributed by atoms with E-state index in [0.29, 0.717) is 11.7 Å². The fraction of sp³-hybridized carbons (Fsp3) is 0.517. The summed E-state index contributed by atoms with van der Waals surface area (Å²) in [5.41, 5.74) is 6.04. The number of nitrogens with zero attached hydrogens (tertiary/aromatic N) is 1. The molecule has 2 aliphatic rings. The first-order valence-electron chi connectivity index (χ1n) is 12.3. The Bertz CT molecular complexity index is 1020. The fourth-order valence-corrected chi connectivity index (χ4v) is 5.84. The van der Waals surface area contributed by atoms with Gasteiger partial charge in [-0.2, -0.15) is 0 Å². The van der Waals surface area contributed by atoms with Gasteiger partial charge in [-0.05, 0) is 102 Å². The molecule has 0 unspecified atom stereocenters. The SMILES string of the molecule is CNCCc1ccc(O)c([C@@H]2C=C(C)C[C@@H]3c4cc(CCN(C)C)ccc4OC(C)(C)[C@@H]32)c1. The Morgan fingerprint density at radius 2 is 1.76 bits per heavy atom. The van der Waals surface area contributed by atoms with E-state index < -0.39 is 0 Å². The van der Waals surface area contributed by atoms with Gasteiger partial charge in [-0.15, -0.1) is 0 Å². The van der Waals surface area contributed by atoms with Gasteiger partial charge in [0.05, 0.1) is 0 Å². The lowest BCUT2D eigenvalue weighted by atomic mass is 9.61. The molecule has 33 heavy (non-hydrogen) atoms. The summed E-state index contributed by atoms with van der Waals surface area (Å²) in [6.07, 6.45) is 5.40. The highest BCUT2D eigenvalue weighted by atomic mass is 16.5. The van der Waals surface area contributed by atoms with Crippen LogP contribution in [0.5, 0.6) is 11.5 Å². The minimum Gasteiger partial charge on any atom is -0.508 e. The maximum atomic E-state index is 10.9. The van der Waals surface area contributed by atoms with E-state index in [9.17, 15) is 5.11 Å². The summed E-state index contributed by atoms with van der Waals surface area (Å²) in [5.74, 6) is 2.16. The Kier molecular flexibility index (Phi) is 6.88. The van der Waals surface area contributed by atoms with E-state index in [4.69, 9.17) is 4.74 Å². The normalized spacial score (nSPS) is 23.5. The molecule has 4 heteroatoms. The Balaban J connectivity index is 1.75. The molecule has 2 N–H and O–H groups in total. The molecule has 1 aliphatic carbocycles. The molecule has 4 nitrogen and oxygen atoms in total. The van der Waals surface area contributed by atoms with Crippen molar-refractivity contribution in [3.63, 3.8) is 0 Å². The largest absolute Gasteiger partial charge is 0.508 e. The van der Waals surface area contributed by atoms with Gasteiger partial charge in [0.1, 0.15) is 17.1 Å². The third kappa shape index (κ3) is 4.97. The Morgan fingerprint density at radius 1 is 1.06 bits per heavy atom. The van der Waals surface area contributed by atoms with Gasteiger partial charge in [0, 0.05) is 23.9 Å².